The molecule has 0 heterocycles. The Labute approximate surface area is 68.7 Å². The molecule has 1 atom stereocenters. The Morgan fingerprint density at radius 1 is 1.42 bits per heavy atom. The van der Waals surface area contributed by atoms with Crippen molar-refractivity contribution >= 4 is 9.84 Å². The van der Waals surface area contributed by atoms with E-state index in [1.807, 2.05) is 0 Å². The van der Waals surface area contributed by atoms with E-state index in [0.29, 0.717) is 6.26 Å². The van der Waals surface area contributed by atoms with Gasteiger partial charge in [-0.3, -0.25) is 0 Å². The third-order valence-electron chi connectivity index (χ3n) is 1.31. The number of hydrogen-bond donors (Lipinski definition) is 1. The summed E-state index contributed by atoms with van der Waals surface area (Å²) in [4.78, 5) is 0. The lowest BCUT2D eigenvalue weighted by atomic mass is 10.3. The first-order valence-corrected chi connectivity index (χ1v) is 5.10. The number of alkyl halides is 3. The molecule has 0 amide bonds. The standard InChI is InChI=1S/C5H10F3NO2S/c1-12(10,11)4(2-3-9)5(6,7)8/h4H,2-3,9H2,1H3. The molecule has 12 heavy (non-hydrogen) atoms. The van der Waals surface area contributed by atoms with Crippen LogP contribution < -0.4 is 5.73 Å². The van der Waals surface area contributed by atoms with Gasteiger partial charge >= 0.3 is 6.18 Å². The van der Waals surface area contributed by atoms with E-state index in [4.69, 9.17) is 5.73 Å². The highest BCUT2D eigenvalue weighted by atomic mass is 32.2. The monoisotopic (exact) mass is 205 g/mol. The van der Waals surface area contributed by atoms with E-state index in [1.54, 1.807) is 0 Å². The van der Waals surface area contributed by atoms with Gasteiger partial charge in [-0.05, 0) is 13.0 Å². The van der Waals surface area contributed by atoms with Crippen LogP contribution in [0.3, 0.4) is 0 Å². The van der Waals surface area contributed by atoms with E-state index < -0.39 is 27.7 Å². The van der Waals surface area contributed by atoms with Gasteiger partial charge in [-0.2, -0.15) is 13.2 Å². The predicted octanol–water partition coefficient (Wildman–Crippen LogP) is 0.311. The van der Waals surface area contributed by atoms with Crippen molar-refractivity contribution in [3.63, 3.8) is 0 Å². The van der Waals surface area contributed by atoms with Crippen LogP contribution in [0.2, 0.25) is 0 Å². The molecular formula is C5H10F3NO2S. The second-order valence-corrected chi connectivity index (χ2v) is 4.67. The van der Waals surface area contributed by atoms with Crippen LogP contribution in [0.4, 0.5) is 13.2 Å². The molecule has 7 heteroatoms. The summed E-state index contributed by atoms with van der Waals surface area (Å²) in [7, 11) is -4.09. The molecule has 74 valence electrons. The summed E-state index contributed by atoms with van der Waals surface area (Å²) in [5.41, 5.74) is 4.86. The van der Waals surface area contributed by atoms with Gasteiger partial charge in [-0.25, -0.2) is 8.42 Å². The molecule has 0 rings (SSSR count). The molecule has 1 unspecified atom stereocenters. The maximum absolute atomic E-state index is 12.0. The van der Waals surface area contributed by atoms with Crippen molar-refractivity contribution < 1.29 is 21.6 Å². The van der Waals surface area contributed by atoms with Crippen LogP contribution >= 0.6 is 0 Å². The molecular weight excluding hydrogens is 195 g/mol. The van der Waals surface area contributed by atoms with Crippen LogP contribution in [0.1, 0.15) is 6.42 Å². The number of sulfone groups is 1. The van der Waals surface area contributed by atoms with Crippen LogP contribution in [0.5, 0.6) is 0 Å². The molecule has 0 radical (unpaired) electrons. The highest BCUT2D eigenvalue weighted by molar-refractivity contribution is 7.91. The minimum absolute atomic E-state index is 0.294. The van der Waals surface area contributed by atoms with Crippen molar-refractivity contribution in [2.75, 3.05) is 12.8 Å². The third kappa shape index (κ3) is 3.40. The average molecular weight is 205 g/mol. The largest absolute Gasteiger partial charge is 0.405 e. The van der Waals surface area contributed by atoms with E-state index in [1.165, 1.54) is 0 Å². The van der Waals surface area contributed by atoms with Gasteiger partial charge in [0.05, 0.1) is 0 Å². The zero-order valence-corrected chi connectivity index (χ0v) is 7.24. The normalized spacial score (nSPS) is 16.1. The van der Waals surface area contributed by atoms with E-state index >= 15 is 0 Å². The molecule has 0 bridgehead atoms. The summed E-state index contributed by atoms with van der Waals surface area (Å²) < 4.78 is 57.1. The third-order valence-corrected chi connectivity index (χ3v) is 2.85. The molecule has 0 saturated carbocycles. The van der Waals surface area contributed by atoms with Crippen molar-refractivity contribution in [3.8, 4) is 0 Å². The molecule has 0 aromatic carbocycles. The quantitative estimate of drug-likeness (QED) is 0.721. The van der Waals surface area contributed by atoms with Gasteiger partial charge in [0.2, 0.25) is 0 Å². The van der Waals surface area contributed by atoms with Gasteiger partial charge < -0.3 is 5.73 Å². The minimum atomic E-state index is -4.72. The Hall–Kier alpha value is -0.300. The number of halogens is 3. The minimum Gasteiger partial charge on any atom is -0.330 e. The molecule has 2 N–H and O–H groups in total. The van der Waals surface area contributed by atoms with Crippen molar-refractivity contribution in [2.45, 2.75) is 17.8 Å². The summed E-state index contributed by atoms with van der Waals surface area (Å²) in [5, 5.41) is -2.32. The van der Waals surface area contributed by atoms with Crippen molar-refractivity contribution in [2.24, 2.45) is 5.73 Å². The van der Waals surface area contributed by atoms with Crippen molar-refractivity contribution in [1.82, 2.24) is 0 Å². The number of nitrogens with two attached hydrogens (primary N) is 1. The Bertz CT molecular complexity index is 234. The molecule has 0 aliphatic rings. The smallest absolute Gasteiger partial charge is 0.330 e. The van der Waals surface area contributed by atoms with Crippen molar-refractivity contribution in [3.05, 3.63) is 0 Å². The van der Waals surface area contributed by atoms with Gasteiger partial charge in [0.15, 0.2) is 15.1 Å². The Balaban J connectivity index is 4.70. The van der Waals surface area contributed by atoms with Gasteiger partial charge in [0.25, 0.3) is 0 Å². The van der Waals surface area contributed by atoms with E-state index in [9.17, 15) is 21.6 Å². The van der Waals surface area contributed by atoms with E-state index in [-0.39, 0.29) is 6.54 Å². The maximum atomic E-state index is 12.0. The molecule has 0 saturated heterocycles. The topological polar surface area (TPSA) is 60.2 Å². The van der Waals surface area contributed by atoms with Crippen LogP contribution in [0.15, 0.2) is 0 Å². The van der Waals surface area contributed by atoms with Gasteiger partial charge in [0, 0.05) is 6.26 Å². The van der Waals surface area contributed by atoms with Crippen LogP contribution in [0, 0.1) is 0 Å². The summed E-state index contributed by atoms with van der Waals surface area (Å²) in [6, 6.07) is 0. The van der Waals surface area contributed by atoms with E-state index in [2.05, 4.69) is 0 Å². The van der Waals surface area contributed by atoms with Gasteiger partial charge in [0.1, 0.15) is 0 Å². The fourth-order valence-corrected chi connectivity index (χ4v) is 1.82. The van der Waals surface area contributed by atoms with Crippen LogP contribution in [-0.4, -0.2) is 32.6 Å². The first kappa shape index (κ1) is 11.7. The fourth-order valence-electron chi connectivity index (χ4n) is 0.772. The van der Waals surface area contributed by atoms with E-state index in [0.717, 1.165) is 0 Å². The fraction of sp³-hybridized carbons (Fsp3) is 1.00. The average Bonchev–Trinajstić information content (AvgIpc) is 1.77. The second-order valence-electron chi connectivity index (χ2n) is 2.44. The zero-order chi connectivity index (χ0) is 9.99. The molecule has 3 nitrogen and oxygen atoms in total. The van der Waals surface area contributed by atoms with Crippen LogP contribution in [0.25, 0.3) is 0 Å². The lowest BCUT2D eigenvalue weighted by molar-refractivity contribution is -0.130. The Morgan fingerprint density at radius 2 is 1.83 bits per heavy atom. The van der Waals surface area contributed by atoms with Gasteiger partial charge in [-0.15, -0.1) is 0 Å². The maximum Gasteiger partial charge on any atom is 0.405 e. The number of hydrogen-bond acceptors (Lipinski definition) is 3. The molecule has 0 aromatic rings. The summed E-state index contributed by atoms with van der Waals surface area (Å²) in [6.07, 6.45) is -4.74. The second kappa shape index (κ2) is 3.61. The Morgan fingerprint density at radius 3 is 1.92 bits per heavy atom. The predicted molar refractivity (Wildman–Crippen MR) is 38.4 cm³/mol. The molecule has 0 aliphatic carbocycles. The summed E-state index contributed by atoms with van der Waals surface area (Å²) in [6.45, 7) is -0.294. The molecule has 0 aromatic heterocycles. The summed E-state index contributed by atoms with van der Waals surface area (Å²) in [5.74, 6) is 0. The molecule has 0 fully saturated rings. The SMILES string of the molecule is CS(=O)(=O)C(CCN)C(F)(F)F. The summed E-state index contributed by atoms with van der Waals surface area (Å²) >= 11 is 0. The lowest BCUT2D eigenvalue weighted by Crippen LogP contribution is -2.37. The Kier molecular flexibility index (Phi) is 3.52. The first-order valence-electron chi connectivity index (χ1n) is 3.15. The molecule has 0 spiro atoms. The van der Waals surface area contributed by atoms with Gasteiger partial charge in [-0.1, -0.05) is 0 Å². The highest BCUT2D eigenvalue weighted by Gasteiger charge is 2.45. The first-order chi connectivity index (χ1) is 5.19. The van der Waals surface area contributed by atoms with Crippen LogP contribution in [-0.2, 0) is 9.84 Å². The number of rotatable bonds is 3. The van der Waals surface area contributed by atoms with Crippen molar-refractivity contribution in [1.29, 1.82) is 0 Å². The highest BCUT2D eigenvalue weighted by Crippen LogP contribution is 2.27. The molecule has 0 aliphatic heterocycles. The lowest BCUT2D eigenvalue weighted by Gasteiger charge is -2.17. The zero-order valence-electron chi connectivity index (χ0n) is 6.43.